The number of amides is 4. The predicted octanol–water partition coefficient (Wildman–Crippen LogP) is 2.61. The van der Waals surface area contributed by atoms with Gasteiger partial charge >= 0.3 is 6.09 Å². The summed E-state index contributed by atoms with van der Waals surface area (Å²) in [6.07, 6.45) is 7.41. The molecular weight excluding hydrogens is 590 g/mol. The lowest BCUT2D eigenvalue weighted by atomic mass is 10.0. The number of alkyl carbamates (subject to hydrolysis) is 1. The van der Waals surface area contributed by atoms with Crippen molar-refractivity contribution in [2.75, 3.05) is 6.54 Å². The highest BCUT2D eigenvalue weighted by Gasteiger charge is 2.61. The van der Waals surface area contributed by atoms with Crippen LogP contribution in [0.25, 0.3) is 0 Å². The second-order valence-electron chi connectivity index (χ2n) is 12.5. The number of allylic oxidation sites excluding steroid dienone is 1. The molecule has 0 radical (unpaired) electrons. The molecule has 2 heterocycles. The molecule has 1 aromatic carbocycles. The molecule has 0 spiro atoms. The fraction of sp³-hybridized carbons (Fsp3) is 0.567. The number of rotatable bonds is 5. The molecule has 14 heteroatoms. The zero-order chi connectivity index (χ0) is 32.3. The molecule has 0 unspecified atom stereocenters. The lowest BCUT2D eigenvalue weighted by molar-refractivity contribution is -0.349. The van der Waals surface area contributed by atoms with Gasteiger partial charge in [0.05, 0.1) is 4.90 Å². The molecule has 2 fully saturated rings. The van der Waals surface area contributed by atoms with E-state index in [-0.39, 0.29) is 17.0 Å². The van der Waals surface area contributed by atoms with E-state index >= 15 is 0 Å². The van der Waals surface area contributed by atoms with E-state index in [1.54, 1.807) is 20.8 Å². The summed E-state index contributed by atoms with van der Waals surface area (Å²) in [4.78, 5) is 54.7. The highest BCUT2D eigenvalue weighted by atomic mass is 32.2. The summed E-state index contributed by atoms with van der Waals surface area (Å²) in [5, 5.41) is 16.9. The van der Waals surface area contributed by atoms with E-state index in [0.717, 1.165) is 12.8 Å². The van der Waals surface area contributed by atoms with Gasteiger partial charge in [-0.1, -0.05) is 25.0 Å². The van der Waals surface area contributed by atoms with E-state index in [9.17, 15) is 32.8 Å². The number of carbonyl (C=O) groups is 4. The Hall–Kier alpha value is -3.94. The van der Waals surface area contributed by atoms with Crippen LogP contribution in [0.15, 0.2) is 41.3 Å². The Balaban J connectivity index is 1.56. The van der Waals surface area contributed by atoms with Gasteiger partial charge < -0.3 is 25.5 Å². The molecular formula is C30H41N5O8S. The van der Waals surface area contributed by atoms with Crippen LogP contribution in [-0.2, 0) is 29.1 Å². The summed E-state index contributed by atoms with van der Waals surface area (Å²) in [5.41, 5.74) is -2.15. The molecule has 1 aliphatic carbocycles. The number of fused-ring (bicyclic) bond motifs is 2. The number of ether oxygens (including phenoxy) is 1. The van der Waals surface area contributed by atoms with Gasteiger partial charge in [-0.25, -0.2) is 17.9 Å². The van der Waals surface area contributed by atoms with Crippen LogP contribution >= 0.6 is 0 Å². The van der Waals surface area contributed by atoms with Crippen LogP contribution in [0.1, 0.15) is 72.1 Å². The fourth-order valence-electron chi connectivity index (χ4n) is 5.61. The van der Waals surface area contributed by atoms with Gasteiger partial charge in [-0.15, -0.1) is 0 Å². The Kier molecular flexibility index (Phi) is 9.71. The van der Waals surface area contributed by atoms with Gasteiger partial charge in [0.2, 0.25) is 17.5 Å². The summed E-state index contributed by atoms with van der Waals surface area (Å²) >= 11 is 0. The first kappa shape index (κ1) is 33.0. The van der Waals surface area contributed by atoms with Crippen LogP contribution in [-0.4, -0.2) is 78.4 Å². The lowest BCUT2D eigenvalue weighted by Gasteiger charge is -2.30. The van der Waals surface area contributed by atoms with Gasteiger partial charge in [0.25, 0.3) is 15.9 Å². The number of nitrogens with zero attached hydrogens (tertiary/aromatic N) is 2. The molecule has 0 bridgehead atoms. The first-order valence-electron chi connectivity index (χ1n) is 14.9. The number of sulfonamides is 1. The average molecular weight is 632 g/mol. The van der Waals surface area contributed by atoms with Crippen molar-refractivity contribution in [2.24, 2.45) is 5.92 Å². The predicted molar refractivity (Wildman–Crippen MR) is 161 cm³/mol. The van der Waals surface area contributed by atoms with E-state index in [2.05, 4.69) is 22.1 Å². The Morgan fingerprint density at radius 3 is 2.48 bits per heavy atom. The van der Waals surface area contributed by atoms with Gasteiger partial charge in [-0.05, 0) is 71.4 Å². The summed E-state index contributed by atoms with van der Waals surface area (Å²) in [6.45, 7) is 8.68. The number of nitrogens with one attached hydrogen (secondary N) is 3. The molecule has 0 aromatic heterocycles. The monoisotopic (exact) mass is 631 g/mol. The van der Waals surface area contributed by atoms with Crippen molar-refractivity contribution in [3.05, 3.63) is 41.6 Å². The van der Waals surface area contributed by atoms with Crippen LogP contribution in [0.4, 0.5) is 10.5 Å². The maximum absolute atomic E-state index is 13.7. The summed E-state index contributed by atoms with van der Waals surface area (Å²) in [6, 6.07) is 3.11. The Labute approximate surface area is 257 Å². The van der Waals surface area contributed by atoms with E-state index in [1.807, 2.05) is 12.2 Å². The fourth-order valence-corrected chi connectivity index (χ4v) is 6.65. The molecule has 4 rings (SSSR count). The first-order valence-corrected chi connectivity index (χ1v) is 16.3. The molecule has 44 heavy (non-hydrogen) atoms. The average Bonchev–Trinajstić information content (AvgIpc) is 3.40. The third-order valence-corrected chi connectivity index (χ3v) is 9.33. The van der Waals surface area contributed by atoms with E-state index in [4.69, 9.17) is 4.74 Å². The van der Waals surface area contributed by atoms with Crippen LogP contribution in [0.2, 0.25) is 0 Å². The Bertz CT molecular complexity index is 1440. The highest BCUT2D eigenvalue weighted by molar-refractivity contribution is 7.90. The normalized spacial score (nSPS) is 27.0. The standard InChI is InChI=1S/C30H41N5O8S/c1-29(2,3)43-28(39)31-23-12-9-7-5-6-8-11-20-19-30(20,32-25(36)24-13-10-18-35(24)26(23)37)27(38)33-44(41,42)22-16-14-21(15-17-22)34(4)40/h8,11,14-17,20,23-24H,4-7,9-10,12-13,18-19H2,1-3H3,(H,31,39)(H,32,36)(H,33,38)/b11-8-/t20-,23+,24+,30-/m1/s1. The van der Waals surface area contributed by atoms with Crippen molar-refractivity contribution in [1.82, 2.24) is 20.3 Å². The molecule has 1 aromatic rings. The molecule has 2 aliphatic heterocycles. The Morgan fingerprint density at radius 2 is 1.82 bits per heavy atom. The molecule has 1 saturated carbocycles. The Morgan fingerprint density at radius 1 is 1.11 bits per heavy atom. The zero-order valence-corrected chi connectivity index (χ0v) is 26.2. The minimum absolute atomic E-state index is 0.134. The molecule has 240 valence electrons. The van der Waals surface area contributed by atoms with Gasteiger partial charge in [-0.2, -0.15) is 4.74 Å². The minimum Gasteiger partial charge on any atom is -0.619 e. The topological polar surface area (TPSA) is 177 Å². The van der Waals surface area contributed by atoms with E-state index in [1.165, 1.54) is 29.2 Å². The summed E-state index contributed by atoms with van der Waals surface area (Å²) < 4.78 is 33.9. The van der Waals surface area contributed by atoms with Crippen LogP contribution in [0.5, 0.6) is 0 Å². The molecule has 4 atom stereocenters. The van der Waals surface area contributed by atoms with Gasteiger partial charge in [0.15, 0.2) is 0 Å². The van der Waals surface area contributed by atoms with E-state index < -0.39 is 63.0 Å². The van der Waals surface area contributed by atoms with Crippen molar-refractivity contribution < 1.29 is 37.1 Å². The molecule has 4 amide bonds. The first-order chi connectivity index (χ1) is 20.6. The quantitative estimate of drug-likeness (QED) is 0.146. The zero-order valence-electron chi connectivity index (χ0n) is 25.3. The van der Waals surface area contributed by atoms with Crippen molar-refractivity contribution in [2.45, 2.75) is 100 Å². The van der Waals surface area contributed by atoms with E-state index in [0.29, 0.717) is 43.4 Å². The number of hydrogen-bond acceptors (Lipinski definition) is 8. The molecule has 3 aliphatic rings. The maximum Gasteiger partial charge on any atom is 0.408 e. The second kappa shape index (κ2) is 13.0. The minimum atomic E-state index is -4.34. The third-order valence-electron chi connectivity index (χ3n) is 7.99. The van der Waals surface area contributed by atoms with Crippen molar-refractivity contribution in [3.8, 4) is 0 Å². The second-order valence-corrected chi connectivity index (χ2v) is 14.2. The highest BCUT2D eigenvalue weighted by Crippen LogP contribution is 2.45. The largest absolute Gasteiger partial charge is 0.619 e. The molecule has 1 saturated heterocycles. The van der Waals surface area contributed by atoms with Gasteiger partial charge in [0.1, 0.15) is 29.9 Å². The van der Waals surface area contributed by atoms with Crippen molar-refractivity contribution in [1.29, 1.82) is 0 Å². The summed E-state index contributed by atoms with van der Waals surface area (Å²) in [7, 11) is -4.34. The van der Waals surface area contributed by atoms with Crippen molar-refractivity contribution >= 4 is 46.2 Å². The SMILES string of the molecule is C=[N+]([O-])c1ccc(S(=O)(=O)NC(=O)[C@@]23C[C@H]2/C=C\CCCCC[C@H](NC(=O)OC(C)(C)C)C(=O)N2CCC[C@H]2C(=O)N3)cc1. The lowest BCUT2D eigenvalue weighted by Crippen LogP contribution is -2.58. The summed E-state index contributed by atoms with van der Waals surface area (Å²) in [5.74, 6) is -2.31. The van der Waals surface area contributed by atoms with Gasteiger partial charge in [-0.3, -0.25) is 14.4 Å². The number of hydrogen-bond donors (Lipinski definition) is 3. The maximum atomic E-state index is 13.7. The van der Waals surface area contributed by atoms with Crippen LogP contribution in [0.3, 0.4) is 0 Å². The van der Waals surface area contributed by atoms with Crippen molar-refractivity contribution in [3.63, 3.8) is 0 Å². The smallest absolute Gasteiger partial charge is 0.408 e. The third kappa shape index (κ3) is 7.76. The molecule has 13 nitrogen and oxygen atoms in total. The van der Waals surface area contributed by atoms with Gasteiger partial charge in [0, 0.05) is 24.6 Å². The number of benzene rings is 1. The van der Waals surface area contributed by atoms with Crippen LogP contribution in [0, 0.1) is 11.1 Å². The van der Waals surface area contributed by atoms with Crippen LogP contribution < -0.4 is 15.4 Å². The number of carbonyl (C=O) groups excluding carboxylic acids is 4. The molecule has 3 N–H and O–H groups in total.